The van der Waals surface area contributed by atoms with E-state index >= 15 is 0 Å². The molecular formula is C9H15F2NO4. The van der Waals surface area contributed by atoms with Crippen molar-refractivity contribution in [3.8, 4) is 0 Å². The van der Waals surface area contributed by atoms with Gasteiger partial charge in [0.1, 0.15) is 6.61 Å². The van der Waals surface area contributed by atoms with E-state index in [4.69, 9.17) is 0 Å². The maximum Gasteiger partial charge on any atom is 0.261 e. The Bertz CT molecular complexity index is 230. The minimum Gasteiger partial charge on any atom is -0.388 e. The van der Waals surface area contributed by atoms with Crippen LogP contribution in [0, 0.1) is 0 Å². The first-order chi connectivity index (χ1) is 7.50. The van der Waals surface area contributed by atoms with Crippen LogP contribution in [0.15, 0.2) is 0 Å². The highest BCUT2D eigenvalue weighted by molar-refractivity contribution is 5.76. The Balaban J connectivity index is 2.16. The van der Waals surface area contributed by atoms with Crippen LogP contribution in [-0.4, -0.2) is 66.0 Å². The summed E-state index contributed by atoms with van der Waals surface area (Å²) in [4.78, 5) is 12.7. The standard InChI is InChI=1S/C9H15F2NO4/c10-8(11)5-16-2-1-9(15)12-3-6(13)7(14)4-12/h6-8,13-14H,1-5H2/t6-,7+. The number of hydrogen-bond donors (Lipinski definition) is 2. The molecule has 1 saturated heterocycles. The SMILES string of the molecule is O=C(CCOCC(F)F)N1C[C@@H](O)[C@@H](O)C1. The molecule has 1 heterocycles. The highest BCUT2D eigenvalue weighted by atomic mass is 19.3. The number of ether oxygens (including phenoxy) is 1. The van der Waals surface area contributed by atoms with Crippen molar-refractivity contribution in [2.24, 2.45) is 0 Å². The molecule has 1 amide bonds. The van der Waals surface area contributed by atoms with Crippen LogP contribution >= 0.6 is 0 Å². The van der Waals surface area contributed by atoms with Gasteiger partial charge in [-0.25, -0.2) is 8.78 Å². The lowest BCUT2D eigenvalue weighted by Gasteiger charge is -2.15. The lowest BCUT2D eigenvalue weighted by molar-refractivity contribution is -0.132. The van der Waals surface area contributed by atoms with Gasteiger partial charge in [0, 0.05) is 13.1 Å². The number of rotatable bonds is 5. The number of likely N-dealkylation sites (tertiary alicyclic amines) is 1. The maximum atomic E-state index is 11.7. The Morgan fingerprint density at radius 1 is 1.38 bits per heavy atom. The molecule has 0 aliphatic carbocycles. The van der Waals surface area contributed by atoms with E-state index in [2.05, 4.69) is 4.74 Å². The first-order valence-corrected chi connectivity index (χ1v) is 5.00. The Morgan fingerprint density at radius 2 is 1.94 bits per heavy atom. The highest BCUT2D eigenvalue weighted by Gasteiger charge is 2.32. The fourth-order valence-corrected chi connectivity index (χ4v) is 1.46. The Morgan fingerprint density at radius 3 is 2.44 bits per heavy atom. The van der Waals surface area contributed by atoms with Gasteiger partial charge in [-0.3, -0.25) is 4.79 Å². The minimum absolute atomic E-state index is 0.0217. The van der Waals surface area contributed by atoms with Crippen molar-refractivity contribution in [1.82, 2.24) is 4.90 Å². The second-order valence-electron chi connectivity index (χ2n) is 3.65. The molecule has 0 saturated carbocycles. The van der Waals surface area contributed by atoms with Crippen LogP contribution in [0.2, 0.25) is 0 Å². The molecule has 1 rings (SSSR count). The van der Waals surface area contributed by atoms with Gasteiger partial charge in [-0.2, -0.15) is 0 Å². The Kier molecular flexibility index (Phi) is 5.04. The number of aliphatic hydroxyl groups is 2. The summed E-state index contributed by atoms with van der Waals surface area (Å²) in [5.41, 5.74) is 0. The number of amides is 1. The van der Waals surface area contributed by atoms with Crippen LogP contribution in [0.5, 0.6) is 0 Å². The first kappa shape index (κ1) is 13.3. The third-order valence-corrected chi connectivity index (χ3v) is 2.32. The number of halogens is 2. The molecule has 94 valence electrons. The van der Waals surface area contributed by atoms with E-state index < -0.39 is 25.2 Å². The van der Waals surface area contributed by atoms with Crippen LogP contribution < -0.4 is 0 Å². The van der Waals surface area contributed by atoms with E-state index in [0.717, 1.165) is 0 Å². The molecule has 0 radical (unpaired) electrons. The summed E-state index contributed by atoms with van der Waals surface area (Å²) in [5.74, 6) is -0.315. The third-order valence-electron chi connectivity index (χ3n) is 2.32. The molecular weight excluding hydrogens is 224 g/mol. The second kappa shape index (κ2) is 6.07. The van der Waals surface area contributed by atoms with Crippen LogP contribution in [0.4, 0.5) is 8.78 Å². The van der Waals surface area contributed by atoms with Crippen LogP contribution in [0.25, 0.3) is 0 Å². The summed E-state index contributed by atoms with van der Waals surface area (Å²) in [5, 5.41) is 18.4. The average molecular weight is 239 g/mol. The van der Waals surface area contributed by atoms with Gasteiger partial charge in [0.25, 0.3) is 6.43 Å². The quantitative estimate of drug-likeness (QED) is 0.618. The molecule has 2 atom stereocenters. The van der Waals surface area contributed by atoms with Crippen molar-refractivity contribution in [2.45, 2.75) is 25.1 Å². The van der Waals surface area contributed by atoms with Crippen molar-refractivity contribution in [2.75, 3.05) is 26.3 Å². The number of carbonyl (C=O) groups is 1. The van der Waals surface area contributed by atoms with Crippen molar-refractivity contribution in [1.29, 1.82) is 0 Å². The van der Waals surface area contributed by atoms with Crippen LogP contribution in [0.1, 0.15) is 6.42 Å². The molecule has 7 heteroatoms. The van der Waals surface area contributed by atoms with Gasteiger partial charge in [-0.15, -0.1) is 0 Å². The normalized spacial score (nSPS) is 25.4. The smallest absolute Gasteiger partial charge is 0.261 e. The van der Waals surface area contributed by atoms with E-state index in [-0.39, 0.29) is 32.0 Å². The zero-order valence-electron chi connectivity index (χ0n) is 8.68. The Hall–Kier alpha value is -0.790. The van der Waals surface area contributed by atoms with Gasteiger partial charge in [-0.1, -0.05) is 0 Å². The highest BCUT2D eigenvalue weighted by Crippen LogP contribution is 2.11. The molecule has 0 spiro atoms. The van der Waals surface area contributed by atoms with E-state index in [1.165, 1.54) is 4.90 Å². The lowest BCUT2D eigenvalue weighted by Crippen LogP contribution is -2.30. The fourth-order valence-electron chi connectivity index (χ4n) is 1.46. The number of carbonyl (C=O) groups excluding carboxylic acids is 1. The number of aliphatic hydroxyl groups excluding tert-OH is 2. The summed E-state index contributed by atoms with van der Waals surface area (Å²) in [6.07, 6.45) is -4.41. The summed E-state index contributed by atoms with van der Waals surface area (Å²) in [7, 11) is 0. The van der Waals surface area contributed by atoms with Crippen molar-refractivity contribution in [3.05, 3.63) is 0 Å². The van der Waals surface area contributed by atoms with E-state index in [9.17, 15) is 23.8 Å². The molecule has 0 aromatic carbocycles. The molecule has 0 unspecified atom stereocenters. The summed E-state index contributed by atoms with van der Waals surface area (Å²) in [6.45, 7) is -0.603. The fraction of sp³-hybridized carbons (Fsp3) is 0.889. The number of β-amino-alcohol motifs (C(OH)–C–C–N with tert-alkyl or cyclic N) is 2. The largest absolute Gasteiger partial charge is 0.388 e. The summed E-state index contributed by atoms with van der Waals surface area (Å²) in [6, 6.07) is 0. The topological polar surface area (TPSA) is 70.0 Å². The van der Waals surface area contributed by atoms with Gasteiger partial charge >= 0.3 is 0 Å². The molecule has 0 aromatic rings. The van der Waals surface area contributed by atoms with Gasteiger partial charge in [0.05, 0.1) is 25.2 Å². The molecule has 16 heavy (non-hydrogen) atoms. The molecule has 1 aliphatic heterocycles. The monoisotopic (exact) mass is 239 g/mol. The van der Waals surface area contributed by atoms with E-state index in [0.29, 0.717) is 0 Å². The minimum atomic E-state index is -2.54. The summed E-state index contributed by atoms with van der Waals surface area (Å²) >= 11 is 0. The Labute approximate surface area is 91.6 Å². The molecule has 1 aliphatic rings. The number of alkyl halides is 2. The van der Waals surface area contributed by atoms with Gasteiger partial charge in [0.15, 0.2) is 0 Å². The van der Waals surface area contributed by atoms with Crippen molar-refractivity contribution >= 4 is 5.91 Å². The van der Waals surface area contributed by atoms with Crippen molar-refractivity contribution in [3.63, 3.8) is 0 Å². The molecule has 5 nitrogen and oxygen atoms in total. The zero-order chi connectivity index (χ0) is 12.1. The first-order valence-electron chi connectivity index (χ1n) is 5.00. The van der Waals surface area contributed by atoms with Gasteiger partial charge in [-0.05, 0) is 0 Å². The third kappa shape index (κ3) is 3.99. The average Bonchev–Trinajstić information content (AvgIpc) is 2.54. The lowest BCUT2D eigenvalue weighted by atomic mass is 10.3. The van der Waals surface area contributed by atoms with E-state index in [1.54, 1.807) is 0 Å². The summed E-state index contributed by atoms with van der Waals surface area (Å²) < 4.78 is 27.9. The van der Waals surface area contributed by atoms with Gasteiger partial charge in [0.2, 0.25) is 5.91 Å². The molecule has 0 aromatic heterocycles. The predicted octanol–water partition coefficient (Wildman–Crippen LogP) is -0.778. The molecule has 1 fully saturated rings. The van der Waals surface area contributed by atoms with Crippen LogP contribution in [-0.2, 0) is 9.53 Å². The number of nitrogens with zero attached hydrogens (tertiary/aromatic N) is 1. The second-order valence-corrected chi connectivity index (χ2v) is 3.65. The molecule has 0 bridgehead atoms. The van der Waals surface area contributed by atoms with Gasteiger partial charge < -0.3 is 19.8 Å². The molecule has 2 N–H and O–H groups in total. The van der Waals surface area contributed by atoms with Crippen LogP contribution in [0.3, 0.4) is 0 Å². The maximum absolute atomic E-state index is 11.7. The van der Waals surface area contributed by atoms with E-state index in [1.807, 2.05) is 0 Å². The van der Waals surface area contributed by atoms with Crippen molar-refractivity contribution < 1.29 is 28.5 Å². The zero-order valence-corrected chi connectivity index (χ0v) is 8.68. The number of hydrogen-bond acceptors (Lipinski definition) is 4. The predicted molar refractivity (Wildman–Crippen MR) is 50.0 cm³/mol.